The Balaban J connectivity index is 1.61. The minimum absolute atomic E-state index is 0.126. The Labute approximate surface area is 178 Å². The van der Waals surface area contributed by atoms with Crippen LogP contribution in [0.4, 0.5) is 5.69 Å². The maximum absolute atomic E-state index is 12.4. The number of carbonyl (C=O) groups is 1. The summed E-state index contributed by atoms with van der Waals surface area (Å²) in [5.74, 6) is 2.94. The van der Waals surface area contributed by atoms with E-state index in [2.05, 4.69) is 29.4 Å². The minimum atomic E-state index is -0.126. The van der Waals surface area contributed by atoms with Crippen molar-refractivity contribution in [2.45, 2.75) is 37.9 Å². The van der Waals surface area contributed by atoms with Crippen LogP contribution in [0, 0.1) is 0 Å². The molecule has 0 unspecified atom stereocenters. The van der Waals surface area contributed by atoms with Crippen molar-refractivity contribution in [1.82, 2.24) is 14.8 Å². The monoisotopic (exact) mass is 434 g/mol. The highest BCUT2D eigenvalue weighted by molar-refractivity contribution is 7.99. The number of benzene rings is 1. The molecule has 154 valence electrons. The van der Waals surface area contributed by atoms with E-state index in [0.29, 0.717) is 35.2 Å². The van der Waals surface area contributed by atoms with Crippen molar-refractivity contribution in [3.8, 4) is 5.75 Å². The zero-order valence-corrected chi connectivity index (χ0v) is 18.1. The van der Waals surface area contributed by atoms with Crippen LogP contribution in [0.5, 0.6) is 5.75 Å². The number of nitrogens with zero attached hydrogens (tertiary/aromatic N) is 3. The van der Waals surface area contributed by atoms with Crippen LogP contribution in [0.1, 0.15) is 37.8 Å². The Kier molecular flexibility index (Phi) is 7.22. The quantitative estimate of drug-likeness (QED) is 0.486. The van der Waals surface area contributed by atoms with Crippen LogP contribution in [0.25, 0.3) is 0 Å². The lowest BCUT2D eigenvalue weighted by molar-refractivity contribution is -0.115. The standard InChI is InChI=1S/C20H23ClN4O3S/c1-13(2)19-23-24-20(25(19)12-15-5-4-9-28-15)29-10-8-18(26)22-16-11-14(21)6-7-17(16)27-3/h4-7,9,11,13H,8,10,12H2,1-3H3,(H,22,26). The highest BCUT2D eigenvalue weighted by atomic mass is 35.5. The SMILES string of the molecule is COc1ccc(Cl)cc1NC(=O)CCSc1nnc(C(C)C)n1Cc1ccco1. The third-order valence-corrected chi connectivity index (χ3v) is 5.36. The van der Waals surface area contributed by atoms with Gasteiger partial charge in [0.25, 0.3) is 0 Å². The average molecular weight is 435 g/mol. The fourth-order valence-corrected chi connectivity index (χ4v) is 3.82. The number of hydrogen-bond donors (Lipinski definition) is 1. The molecule has 2 heterocycles. The van der Waals surface area contributed by atoms with Gasteiger partial charge in [-0.1, -0.05) is 37.2 Å². The van der Waals surface area contributed by atoms with Gasteiger partial charge in [-0.2, -0.15) is 0 Å². The van der Waals surface area contributed by atoms with Crippen LogP contribution < -0.4 is 10.1 Å². The van der Waals surface area contributed by atoms with Crippen LogP contribution in [0.2, 0.25) is 5.02 Å². The molecule has 1 amide bonds. The first-order valence-electron chi connectivity index (χ1n) is 9.19. The number of halogens is 1. The molecule has 9 heteroatoms. The summed E-state index contributed by atoms with van der Waals surface area (Å²) in [4.78, 5) is 12.4. The second kappa shape index (κ2) is 9.84. The maximum Gasteiger partial charge on any atom is 0.225 e. The van der Waals surface area contributed by atoms with Crippen molar-refractivity contribution in [1.29, 1.82) is 0 Å². The number of carbonyl (C=O) groups excluding carboxylic acids is 1. The van der Waals surface area contributed by atoms with Gasteiger partial charge in [0, 0.05) is 23.1 Å². The molecule has 3 rings (SSSR count). The first kappa shape index (κ1) is 21.3. The fourth-order valence-electron chi connectivity index (χ4n) is 2.77. The molecule has 1 aromatic carbocycles. The summed E-state index contributed by atoms with van der Waals surface area (Å²) in [6.07, 6.45) is 1.96. The molecular weight excluding hydrogens is 412 g/mol. The van der Waals surface area contributed by atoms with Crippen LogP contribution in [-0.4, -0.2) is 33.5 Å². The first-order valence-corrected chi connectivity index (χ1v) is 10.6. The lowest BCUT2D eigenvalue weighted by Gasteiger charge is -2.11. The molecule has 3 aromatic rings. The zero-order chi connectivity index (χ0) is 20.8. The molecule has 0 atom stereocenters. The molecule has 2 aromatic heterocycles. The third kappa shape index (κ3) is 5.55. The number of ether oxygens (including phenoxy) is 1. The Morgan fingerprint density at radius 1 is 1.34 bits per heavy atom. The molecule has 29 heavy (non-hydrogen) atoms. The van der Waals surface area contributed by atoms with Gasteiger partial charge in [0.15, 0.2) is 5.16 Å². The Bertz CT molecular complexity index is 957. The maximum atomic E-state index is 12.4. The van der Waals surface area contributed by atoms with Crippen LogP contribution in [0.3, 0.4) is 0 Å². The number of methoxy groups -OCH3 is 1. The van der Waals surface area contributed by atoms with Gasteiger partial charge in [-0.25, -0.2) is 0 Å². The second-order valence-corrected chi connectivity index (χ2v) is 8.15. The summed E-state index contributed by atoms with van der Waals surface area (Å²) in [5, 5.41) is 12.8. The number of nitrogens with one attached hydrogen (secondary N) is 1. The van der Waals surface area contributed by atoms with E-state index in [1.807, 2.05) is 16.7 Å². The minimum Gasteiger partial charge on any atom is -0.495 e. The van der Waals surface area contributed by atoms with Gasteiger partial charge >= 0.3 is 0 Å². The molecule has 0 spiro atoms. The fraction of sp³-hybridized carbons (Fsp3) is 0.350. The summed E-state index contributed by atoms with van der Waals surface area (Å²) in [6.45, 7) is 4.70. The summed E-state index contributed by atoms with van der Waals surface area (Å²) in [5.41, 5.74) is 0.554. The zero-order valence-electron chi connectivity index (χ0n) is 16.5. The van der Waals surface area contributed by atoms with Gasteiger partial charge in [-0.15, -0.1) is 10.2 Å². The van der Waals surface area contributed by atoms with Gasteiger partial charge in [-0.05, 0) is 30.3 Å². The molecular formula is C20H23ClN4O3S. The molecule has 0 saturated carbocycles. The normalized spacial score (nSPS) is 11.1. The van der Waals surface area contributed by atoms with Crippen LogP contribution in [0.15, 0.2) is 46.2 Å². The Hall–Kier alpha value is -2.45. The number of rotatable bonds is 9. The van der Waals surface area contributed by atoms with Crippen molar-refractivity contribution >= 4 is 35.0 Å². The summed E-state index contributed by atoms with van der Waals surface area (Å²) < 4.78 is 12.8. The number of hydrogen-bond acceptors (Lipinski definition) is 6. The van der Waals surface area contributed by atoms with Crippen molar-refractivity contribution in [3.05, 3.63) is 53.2 Å². The first-order chi connectivity index (χ1) is 14.0. The van der Waals surface area contributed by atoms with E-state index in [4.69, 9.17) is 20.8 Å². The van der Waals surface area contributed by atoms with Gasteiger partial charge in [-0.3, -0.25) is 9.36 Å². The predicted molar refractivity (Wildman–Crippen MR) is 114 cm³/mol. The topological polar surface area (TPSA) is 82.2 Å². The highest BCUT2D eigenvalue weighted by Gasteiger charge is 2.17. The third-order valence-electron chi connectivity index (χ3n) is 4.15. The number of anilines is 1. The second-order valence-electron chi connectivity index (χ2n) is 6.65. The lowest BCUT2D eigenvalue weighted by Crippen LogP contribution is -2.13. The van der Waals surface area contributed by atoms with E-state index in [9.17, 15) is 4.79 Å². The van der Waals surface area contributed by atoms with Gasteiger partial charge in [0.1, 0.15) is 17.3 Å². The lowest BCUT2D eigenvalue weighted by atomic mass is 10.2. The molecule has 0 aliphatic rings. The molecule has 0 radical (unpaired) electrons. The average Bonchev–Trinajstić information content (AvgIpc) is 3.33. The van der Waals surface area contributed by atoms with Crippen LogP contribution in [-0.2, 0) is 11.3 Å². The molecule has 0 bridgehead atoms. The Morgan fingerprint density at radius 3 is 2.86 bits per heavy atom. The van der Waals surface area contributed by atoms with E-state index in [-0.39, 0.29) is 11.8 Å². The van der Waals surface area contributed by atoms with Gasteiger partial charge < -0.3 is 14.5 Å². The smallest absolute Gasteiger partial charge is 0.225 e. The molecule has 0 fully saturated rings. The summed E-state index contributed by atoms with van der Waals surface area (Å²) in [7, 11) is 1.55. The molecule has 1 N–H and O–H groups in total. The van der Waals surface area contributed by atoms with Crippen LogP contribution >= 0.6 is 23.4 Å². The summed E-state index contributed by atoms with van der Waals surface area (Å²) in [6, 6.07) is 8.88. The highest BCUT2D eigenvalue weighted by Crippen LogP contribution is 2.28. The Morgan fingerprint density at radius 2 is 2.17 bits per heavy atom. The van der Waals surface area contributed by atoms with Crippen molar-refractivity contribution in [3.63, 3.8) is 0 Å². The molecule has 0 aliphatic carbocycles. The number of aromatic nitrogens is 3. The van der Waals surface area contributed by atoms with E-state index in [1.165, 1.54) is 11.8 Å². The molecule has 0 saturated heterocycles. The predicted octanol–water partition coefficient (Wildman–Crippen LogP) is 4.83. The largest absolute Gasteiger partial charge is 0.495 e. The van der Waals surface area contributed by atoms with Gasteiger partial charge in [0.05, 0.1) is 25.6 Å². The van der Waals surface area contributed by atoms with Crippen molar-refractivity contribution in [2.75, 3.05) is 18.2 Å². The molecule has 7 nitrogen and oxygen atoms in total. The van der Waals surface area contributed by atoms with E-state index >= 15 is 0 Å². The van der Waals surface area contributed by atoms with E-state index in [1.54, 1.807) is 31.6 Å². The van der Waals surface area contributed by atoms with E-state index < -0.39 is 0 Å². The van der Waals surface area contributed by atoms with E-state index in [0.717, 1.165) is 16.7 Å². The molecule has 0 aliphatic heterocycles. The number of amides is 1. The van der Waals surface area contributed by atoms with Crippen molar-refractivity contribution in [2.24, 2.45) is 0 Å². The summed E-state index contributed by atoms with van der Waals surface area (Å²) >= 11 is 7.50. The van der Waals surface area contributed by atoms with Crippen molar-refractivity contribution < 1.29 is 13.9 Å². The number of thioether (sulfide) groups is 1. The van der Waals surface area contributed by atoms with Gasteiger partial charge in [0.2, 0.25) is 5.91 Å². The number of furan rings is 1.